The molecule has 120 valence electrons. The molecule has 0 radical (unpaired) electrons. The number of nitrogens with zero attached hydrogens (tertiary/aromatic N) is 1. The van der Waals surface area contributed by atoms with Gasteiger partial charge in [0, 0.05) is 20.5 Å². The summed E-state index contributed by atoms with van der Waals surface area (Å²) < 4.78 is 5.55. The first kappa shape index (κ1) is 16.7. The maximum absolute atomic E-state index is 11.1. The van der Waals surface area contributed by atoms with Crippen LogP contribution in [0.25, 0.3) is 5.70 Å². The van der Waals surface area contributed by atoms with Gasteiger partial charge in [-0.25, -0.2) is 0 Å². The van der Waals surface area contributed by atoms with Gasteiger partial charge in [-0.2, -0.15) is 0 Å². The first-order chi connectivity index (χ1) is 10.7. The van der Waals surface area contributed by atoms with Crippen LogP contribution >= 0.6 is 12.2 Å². The summed E-state index contributed by atoms with van der Waals surface area (Å²) in [5.74, 6) is 0.950. The molecule has 0 N–H and O–H groups in total. The van der Waals surface area contributed by atoms with E-state index in [4.69, 9.17) is 17.0 Å². The molecule has 0 fully saturated rings. The molecule has 0 unspecified atom stereocenters. The molecule has 1 aromatic carbocycles. The van der Waals surface area contributed by atoms with Crippen LogP contribution in [0.3, 0.4) is 0 Å². The number of aldehydes is 1. The van der Waals surface area contributed by atoms with Crippen LogP contribution < -0.4 is 4.74 Å². The second kappa shape index (κ2) is 8.08. The van der Waals surface area contributed by atoms with E-state index in [1.807, 2.05) is 19.1 Å². The normalized spacial score (nSPS) is 13.5. The van der Waals surface area contributed by atoms with Gasteiger partial charge in [-0.3, -0.25) is 4.79 Å². The number of hydrogen-bond acceptors (Lipinski definition) is 3. The van der Waals surface area contributed by atoms with Crippen LogP contribution in [-0.2, 0) is 11.2 Å². The topological polar surface area (TPSA) is 29.5 Å². The zero-order valence-electron chi connectivity index (χ0n) is 13.3. The van der Waals surface area contributed by atoms with Gasteiger partial charge in [0.05, 0.1) is 17.3 Å². The number of carbonyl (C=O) groups excluding carboxylic acids is 1. The van der Waals surface area contributed by atoms with E-state index in [2.05, 4.69) is 17.9 Å². The van der Waals surface area contributed by atoms with E-state index >= 15 is 0 Å². The summed E-state index contributed by atoms with van der Waals surface area (Å²) in [5.41, 5.74) is 3.11. The fraction of sp³-hybridized carbons (Fsp3) is 0.444. The van der Waals surface area contributed by atoms with Gasteiger partial charge < -0.3 is 9.64 Å². The Morgan fingerprint density at radius 3 is 2.95 bits per heavy atom. The Labute approximate surface area is 139 Å². The van der Waals surface area contributed by atoms with Crippen molar-refractivity contribution >= 4 is 29.2 Å². The summed E-state index contributed by atoms with van der Waals surface area (Å²) in [6.07, 6.45) is 6.75. The van der Waals surface area contributed by atoms with Crippen molar-refractivity contribution in [3.8, 4) is 5.75 Å². The molecular weight excluding hydrogens is 294 g/mol. The average Bonchev–Trinajstić information content (AvgIpc) is 2.97. The highest BCUT2D eigenvalue weighted by atomic mass is 32.1. The molecule has 0 aromatic heterocycles. The number of carbonyl (C=O) groups is 1. The van der Waals surface area contributed by atoms with Gasteiger partial charge in [0.15, 0.2) is 0 Å². The Hall–Kier alpha value is -1.68. The first-order valence-corrected chi connectivity index (χ1v) is 8.28. The Balaban J connectivity index is 0.00000264. The molecular formula is C18H25NO2S. The number of ether oxygens (including phenoxy) is 1. The Kier molecular flexibility index (Phi) is 6.13. The number of unbranched alkanes of at least 4 members (excludes halogenated alkanes) is 2. The summed E-state index contributed by atoms with van der Waals surface area (Å²) in [7, 11) is 0. The third-order valence-corrected chi connectivity index (χ3v) is 4.09. The Bertz CT molecular complexity index is 586. The average molecular weight is 319 g/mol. The number of rotatable bonds is 7. The third-order valence-electron chi connectivity index (χ3n) is 3.87. The predicted molar refractivity (Wildman–Crippen MR) is 96.3 cm³/mol. The van der Waals surface area contributed by atoms with Crippen LogP contribution in [0.5, 0.6) is 5.75 Å². The van der Waals surface area contributed by atoms with E-state index in [0.29, 0.717) is 0 Å². The molecule has 0 amide bonds. The van der Waals surface area contributed by atoms with Crippen molar-refractivity contribution in [2.45, 2.75) is 39.5 Å². The minimum absolute atomic E-state index is 0. The van der Waals surface area contributed by atoms with Crippen LogP contribution in [0.15, 0.2) is 24.3 Å². The van der Waals surface area contributed by atoms with Gasteiger partial charge in [0.1, 0.15) is 12.0 Å². The second-order valence-corrected chi connectivity index (χ2v) is 6.08. The van der Waals surface area contributed by atoms with Crippen molar-refractivity contribution in [3.63, 3.8) is 0 Å². The van der Waals surface area contributed by atoms with Gasteiger partial charge >= 0.3 is 0 Å². The smallest absolute Gasteiger partial charge is 0.144 e. The van der Waals surface area contributed by atoms with E-state index in [0.717, 1.165) is 67.1 Å². The summed E-state index contributed by atoms with van der Waals surface area (Å²) in [5, 5.41) is 0. The van der Waals surface area contributed by atoms with Crippen molar-refractivity contribution in [2.24, 2.45) is 0 Å². The van der Waals surface area contributed by atoms with Crippen LogP contribution in [0.2, 0.25) is 0 Å². The zero-order valence-corrected chi connectivity index (χ0v) is 14.1. The van der Waals surface area contributed by atoms with Crippen LogP contribution in [0.1, 0.15) is 45.7 Å². The molecule has 0 atom stereocenters. The first-order valence-electron chi connectivity index (χ1n) is 7.87. The van der Waals surface area contributed by atoms with E-state index in [-0.39, 0.29) is 1.43 Å². The molecule has 4 heteroatoms. The summed E-state index contributed by atoms with van der Waals surface area (Å²) in [6.45, 7) is 5.67. The van der Waals surface area contributed by atoms with Crippen LogP contribution in [0, 0.1) is 0 Å². The molecule has 1 aliphatic heterocycles. The fourth-order valence-corrected chi connectivity index (χ4v) is 2.91. The minimum atomic E-state index is 0. The van der Waals surface area contributed by atoms with Crippen molar-refractivity contribution in [1.29, 1.82) is 0 Å². The van der Waals surface area contributed by atoms with Gasteiger partial charge in [-0.05, 0) is 42.7 Å². The van der Waals surface area contributed by atoms with Crippen LogP contribution in [0.4, 0.5) is 0 Å². The highest BCUT2D eigenvalue weighted by Gasteiger charge is 2.17. The predicted octanol–water partition coefficient (Wildman–Crippen LogP) is 4.25. The molecule has 1 heterocycles. The SMILES string of the molecule is CCCCCN(C(C)=S)/C(=C\C=O)c1ccc2c(c1)CCO2.[HH]. The van der Waals surface area contributed by atoms with Crippen molar-refractivity contribution in [3.05, 3.63) is 35.4 Å². The number of allylic oxidation sites excluding steroid dienone is 1. The summed E-state index contributed by atoms with van der Waals surface area (Å²) in [4.78, 5) is 14.0. The van der Waals surface area contributed by atoms with E-state index in [1.165, 1.54) is 5.56 Å². The molecule has 0 bridgehead atoms. The maximum atomic E-state index is 11.1. The lowest BCUT2D eigenvalue weighted by atomic mass is 10.0. The fourth-order valence-electron chi connectivity index (χ4n) is 2.72. The quantitative estimate of drug-likeness (QED) is 0.325. The van der Waals surface area contributed by atoms with Crippen molar-refractivity contribution < 1.29 is 11.0 Å². The molecule has 1 aliphatic rings. The number of fused-ring (bicyclic) bond motifs is 1. The highest BCUT2D eigenvalue weighted by molar-refractivity contribution is 7.80. The molecule has 22 heavy (non-hydrogen) atoms. The lowest BCUT2D eigenvalue weighted by Gasteiger charge is -2.26. The Morgan fingerprint density at radius 2 is 2.27 bits per heavy atom. The number of benzene rings is 1. The standard InChI is InChI=1S/C18H23NO2S.H2/c1-3-4-5-10-19(14(2)22)17(8-11-20)15-6-7-18-16(13-15)9-12-21-18;/h6-8,11,13H,3-5,9-10,12H2,1-2H3;1H/b17-8-;. The lowest BCUT2D eigenvalue weighted by molar-refractivity contribution is -0.104. The second-order valence-electron chi connectivity index (χ2n) is 5.49. The lowest BCUT2D eigenvalue weighted by Crippen LogP contribution is -2.27. The highest BCUT2D eigenvalue weighted by Crippen LogP contribution is 2.30. The van der Waals surface area contributed by atoms with Gasteiger partial charge in [0.2, 0.25) is 0 Å². The molecule has 0 saturated heterocycles. The van der Waals surface area contributed by atoms with Gasteiger partial charge in [-0.1, -0.05) is 32.0 Å². The van der Waals surface area contributed by atoms with Crippen LogP contribution in [-0.4, -0.2) is 29.3 Å². The van der Waals surface area contributed by atoms with E-state index in [9.17, 15) is 4.79 Å². The third kappa shape index (κ3) is 3.95. The Morgan fingerprint density at radius 1 is 1.45 bits per heavy atom. The largest absolute Gasteiger partial charge is 0.493 e. The van der Waals surface area contributed by atoms with Crippen molar-refractivity contribution in [2.75, 3.05) is 13.2 Å². The molecule has 0 aliphatic carbocycles. The summed E-state index contributed by atoms with van der Waals surface area (Å²) >= 11 is 5.40. The molecule has 0 spiro atoms. The number of thiocarbonyl (C=S) groups is 1. The maximum Gasteiger partial charge on any atom is 0.144 e. The number of hydrogen-bond donors (Lipinski definition) is 0. The molecule has 0 saturated carbocycles. The molecule has 2 rings (SSSR count). The van der Waals surface area contributed by atoms with Gasteiger partial charge in [-0.15, -0.1) is 0 Å². The van der Waals surface area contributed by atoms with Gasteiger partial charge in [0.25, 0.3) is 0 Å². The molecule has 1 aromatic rings. The molecule has 3 nitrogen and oxygen atoms in total. The van der Waals surface area contributed by atoms with Crippen molar-refractivity contribution in [1.82, 2.24) is 4.90 Å². The monoisotopic (exact) mass is 319 g/mol. The zero-order chi connectivity index (χ0) is 15.9. The van der Waals surface area contributed by atoms with E-state index < -0.39 is 0 Å². The minimum Gasteiger partial charge on any atom is -0.493 e. The summed E-state index contributed by atoms with van der Waals surface area (Å²) in [6, 6.07) is 6.10. The van der Waals surface area contributed by atoms with E-state index in [1.54, 1.807) is 6.08 Å².